The number of hydrogen-bond donors (Lipinski definition) is 1. The molecule has 2 saturated carbocycles. The second kappa shape index (κ2) is 10.0. The van der Waals surface area contributed by atoms with E-state index in [4.69, 9.17) is 4.98 Å². The number of hydrogen-bond acceptors (Lipinski definition) is 5. The van der Waals surface area contributed by atoms with Crippen molar-refractivity contribution in [1.82, 2.24) is 25.2 Å². The average molecular weight is 470 g/mol. The number of carbonyl (C=O) groups is 1. The lowest BCUT2D eigenvalue weighted by atomic mass is 9.83. The van der Waals surface area contributed by atoms with Crippen molar-refractivity contribution in [3.63, 3.8) is 0 Å². The Labute approximate surface area is 207 Å². The molecule has 1 aliphatic heterocycles. The summed E-state index contributed by atoms with van der Waals surface area (Å²) in [7, 11) is 0. The van der Waals surface area contributed by atoms with Crippen molar-refractivity contribution in [1.29, 1.82) is 0 Å². The van der Waals surface area contributed by atoms with Gasteiger partial charge < -0.3 is 5.32 Å². The third-order valence-corrected chi connectivity index (χ3v) is 8.17. The van der Waals surface area contributed by atoms with Gasteiger partial charge in [0.15, 0.2) is 0 Å². The molecule has 182 valence electrons. The zero-order valence-electron chi connectivity index (χ0n) is 20.5. The van der Waals surface area contributed by atoms with Gasteiger partial charge in [-0.2, -0.15) is 0 Å². The number of pyridine rings is 1. The highest BCUT2D eigenvalue weighted by molar-refractivity contribution is 6.06. The number of nitrogens with one attached hydrogen (secondary N) is 1. The first-order valence-electron chi connectivity index (χ1n) is 13.4. The zero-order valence-corrected chi connectivity index (χ0v) is 20.5. The first-order chi connectivity index (χ1) is 17.2. The summed E-state index contributed by atoms with van der Waals surface area (Å²) in [5.41, 5.74) is 4.21. The Hall–Kier alpha value is -2.86. The molecule has 0 bridgehead atoms. The van der Waals surface area contributed by atoms with Crippen molar-refractivity contribution in [3.8, 4) is 0 Å². The maximum atomic E-state index is 13.0. The normalized spacial score (nSPS) is 22.6. The summed E-state index contributed by atoms with van der Waals surface area (Å²) in [5.74, 6) is 2.66. The average Bonchev–Trinajstić information content (AvgIpc) is 3.71. The molecule has 3 heterocycles. The molecule has 0 radical (unpaired) electrons. The molecule has 3 aromatic rings. The Balaban J connectivity index is 0.972. The minimum Gasteiger partial charge on any atom is -0.349 e. The molecule has 1 N–H and O–H groups in total. The molecule has 6 heteroatoms. The van der Waals surface area contributed by atoms with Crippen LogP contribution in [-0.2, 0) is 19.4 Å². The van der Waals surface area contributed by atoms with E-state index in [0.29, 0.717) is 0 Å². The largest absolute Gasteiger partial charge is 0.349 e. The molecule has 0 saturated heterocycles. The van der Waals surface area contributed by atoms with Gasteiger partial charge in [0.2, 0.25) is 0 Å². The fraction of sp³-hybridized carbons (Fsp3) is 0.517. The van der Waals surface area contributed by atoms with Gasteiger partial charge in [-0.05, 0) is 93.5 Å². The highest BCUT2D eigenvalue weighted by Gasteiger charge is 2.26. The van der Waals surface area contributed by atoms with Crippen LogP contribution < -0.4 is 5.32 Å². The van der Waals surface area contributed by atoms with Crippen molar-refractivity contribution in [3.05, 3.63) is 65.4 Å². The summed E-state index contributed by atoms with van der Waals surface area (Å²) >= 11 is 0. The quantitative estimate of drug-likeness (QED) is 0.542. The number of fused-ring (bicyclic) bond motifs is 2. The van der Waals surface area contributed by atoms with Crippen molar-refractivity contribution < 1.29 is 4.79 Å². The van der Waals surface area contributed by atoms with Gasteiger partial charge in [-0.25, -0.2) is 9.97 Å². The van der Waals surface area contributed by atoms with E-state index >= 15 is 0 Å². The van der Waals surface area contributed by atoms with Crippen molar-refractivity contribution >= 4 is 16.8 Å². The van der Waals surface area contributed by atoms with E-state index in [9.17, 15) is 4.79 Å². The topological polar surface area (TPSA) is 71.0 Å². The number of benzene rings is 1. The smallest absolute Gasteiger partial charge is 0.252 e. The number of nitrogens with zero attached hydrogens (tertiary/aromatic N) is 4. The predicted octanol–water partition coefficient (Wildman–Crippen LogP) is 4.71. The summed E-state index contributed by atoms with van der Waals surface area (Å²) < 4.78 is 0. The van der Waals surface area contributed by atoms with E-state index in [2.05, 4.69) is 26.4 Å². The van der Waals surface area contributed by atoms with Crippen LogP contribution in [0.4, 0.5) is 0 Å². The first kappa shape index (κ1) is 22.6. The fourth-order valence-electron chi connectivity index (χ4n) is 5.79. The number of aromatic nitrogens is 3. The zero-order chi connectivity index (χ0) is 23.6. The molecule has 0 spiro atoms. The van der Waals surface area contributed by atoms with Crippen LogP contribution in [0.15, 0.2) is 42.7 Å². The second-order valence-electron chi connectivity index (χ2n) is 10.8. The lowest BCUT2D eigenvalue weighted by molar-refractivity contribution is 0.0921. The van der Waals surface area contributed by atoms with Crippen LogP contribution in [0.3, 0.4) is 0 Å². The maximum absolute atomic E-state index is 13.0. The van der Waals surface area contributed by atoms with Crippen molar-refractivity contribution in [2.45, 2.75) is 70.4 Å². The molecular weight excluding hydrogens is 434 g/mol. The molecule has 0 unspecified atom stereocenters. The van der Waals surface area contributed by atoms with Gasteiger partial charge in [0, 0.05) is 48.9 Å². The van der Waals surface area contributed by atoms with Crippen LogP contribution in [0.25, 0.3) is 10.9 Å². The summed E-state index contributed by atoms with van der Waals surface area (Å²) in [6, 6.07) is 9.92. The van der Waals surface area contributed by atoms with Crippen LogP contribution in [0.1, 0.15) is 72.4 Å². The van der Waals surface area contributed by atoms with E-state index in [-0.39, 0.29) is 11.9 Å². The Kier molecular flexibility index (Phi) is 6.47. The highest BCUT2D eigenvalue weighted by atomic mass is 16.1. The third-order valence-electron chi connectivity index (χ3n) is 8.17. The minimum absolute atomic E-state index is 0.0297. The van der Waals surface area contributed by atoms with E-state index in [1.165, 1.54) is 43.4 Å². The van der Waals surface area contributed by atoms with E-state index < -0.39 is 0 Å². The van der Waals surface area contributed by atoms with Crippen LogP contribution in [0.2, 0.25) is 0 Å². The molecule has 1 amide bonds. The SMILES string of the molecule is O=C(NC1CCC(CCN2CCc3cnc(CC4CC4)nc3C2)CC1)c1cccc2ncccc12. The van der Waals surface area contributed by atoms with Gasteiger partial charge in [0.05, 0.1) is 11.2 Å². The Bertz CT molecular complexity index is 1190. The van der Waals surface area contributed by atoms with Crippen LogP contribution in [0.5, 0.6) is 0 Å². The molecule has 6 nitrogen and oxygen atoms in total. The summed E-state index contributed by atoms with van der Waals surface area (Å²) in [6.45, 7) is 3.23. The Morgan fingerprint density at radius 2 is 1.86 bits per heavy atom. The van der Waals surface area contributed by atoms with Crippen molar-refractivity contribution in [2.75, 3.05) is 13.1 Å². The van der Waals surface area contributed by atoms with E-state index in [1.54, 1.807) is 6.20 Å². The van der Waals surface area contributed by atoms with Gasteiger partial charge in [-0.1, -0.05) is 12.1 Å². The molecule has 0 atom stereocenters. The molecule has 3 aliphatic rings. The fourth-order valence-corrected chi connectivity index (χ4v) is 5.79. The molecule has 2 aliphatic carbocycles. The molecular formula is C29H35N5O. The highest BCUT2D eigenvalue weighted by Crippen LogP contribution is 2.32. The number of carbonyl (C=O) groups excluding carboxylic acids is 1. The van der Waals surface area contributed by atoms with Gasteiger partial charge in [-0.3, -0.25) is 14.7 Å². The van der Waals surface area contributed by atoms with Crippen LogP contribution in [-0.4, -0.2) is 44.9 Å². The molecule has 1 aromatic carbocycles. The lowest BCUT2D eigenvalue weighted by Gasteiger charge is -2.32. The Morgan fingerprint density at radius 1 is 1.00 bits per heavy atom. The maximum Gasteiger partial charge on any atom is 0.252 e. The summed E-state index contributed by atoms with van der Waals surface area (Å²) in [4.78, 5) is 29.5. The summed E-state index contributed by atoms with van der Waals surface area (Å²) in [6.07, 6.45) is 14.4. The second-order valence-corrected chi connectivity index (χ2v) is 10.8. The monoisotopic (exact) mass is 469 g/mol. The molecule has 35 heavy (non-hydrogen) atoms. The molecule has 2 fully saturated rings. The van der Waals surface area contributed by atoms with Crippen molar-refractivity contribution in [2.24, 2.45) is 11.8 Å². The van der Waals surface area contributed by atoms with Gasteiger partial charge >= 0.3 is 0 Å². The number of rotatable bonds is 7. The standard InChI is InChI=1S/C29H35N5O/c35-29(25-3-1-5-26-24(25)4-2-14-30-26)32-23-10-8-20(9-11-23)12-15-34-16-13-22-18-31-28(17-21-6-7-21)33-27(22)19-34/h1-5,14,18,20-21,23H,6-13,15-17,19H2,(H,32,35). The van der Waals surface area contributed by atoms with E-state index in [0.717, 1.165) is 79.4 Å². The number of amides is 1. The molecule has 6 rings (SSSR count). The first-order valence-corrected chi connectivity index (χ1v) is 13.4. The van der Waals surface area contributed by atoms with Crippen LogP contribution >= 0.6 is 0 Å². The summed E-state index contributed by atoms with van der Waals surface area (Å²) in [5, 5.41) is 4.22. The minimum atomic E-state index is 0.0297. The van der Waals surface area contributed by atoms with Gasteiger partial charge in [0.25, 0.3) is 5.91 Å². The van der Waals surface area contributed by atoms with E-state index in [1.807, 2.05) is 30.3 Å². The predicted molar refractivity (Wildman–Crippen MR) is 137 cm³/mol. The lowest BCUT2D eigenvalue weighted by Crippen LogP contribution is -2.38. The van der Waals surface area contributed by atoms with Gasteiger partial charge in [-0.15, -0.1) is 0 Å². The molecule has 2 aromatic heterocycles. The Morgan fingerprint density at radius 3 is 2.71 bits per heavy atom. The third kappa shape index (κ3) is 5.37. The van der Waals surface area contributed by atoms with Gasteiger partial charge in [0.1, 0.15) is 5.82 Å². The van der Waals surface area contributed by atoms with Crippen LogP contribution in [0, 0.1) is 11.8 Å².